The molecule has 3 aromatic rings. The minimum absolute atomic E-state index is 0.747. The first-order valence-electron chi connectivity index (χ1n) is 5.41. The van der Waals surface area contributed by atoms with E-state index in [1.807, 2.05) is 37.3 Å². The molecule has 0 unspecified atom stereocenters. The number of nitrogens with zero attached hydrogens (tertiary/aromatic N) is 2. The predicted molar refractivity (Wildman–Crippen MR) is 68.5 cm³/mol. The van der Waals surface area contributed by atoms with Crippen molar-refractivity contribution in [2.75, 3.05) is 5.73 Å². The first-order valence-corrected chi connectivity index (χ1v) is 5.41. The number of hydrogen-bond acceptors (Lipinski definition) is 3. The Kier molecular flexibility index (Phi) is 2.08. The Hall–Kier alpha value is -2.36. The van der Waals surface area contributed by atoms with Gasteiger partial charge in [-0.1, -0.05) is 12.1 Å². The molecule has 2 aromatic heterocycles. The molecule has 4 heteroatoms. The van der Waals surface area contributed by atoms with Gasteiger partial charge in [0.25, 0.3) is 0 Å². The molecule has 84 valence electrons. The summed E-state index contributed by atoms with van der Waals surface area (Å²) in [5, 5.41) is 8.19. The van der Waals surface area contributed by atoms with E-state index in [2.05, 4.69) is 15.2 Å². The van der Waals surface area contributed by atoms with Gasteiger partial charge < -0.3 is 5.73 Å². The second-order valence-corrected chi connectivity index (χ2v) is 4.03. The summed E-state index contributed by atoms with van der Waals surface area (Å²) in [7, 11) is 0. The van der Waals surface area contributed by atoms with Crippen LogP contribution in [0.1, 0.15) is 5.69 Å². The van der Waals surface area contributed by atoms with Gasteiger partial charge in [-0.3, -0.25) is 5.10 Å². The average Bonchev–Trinajstić information content (AvgIpc) is 2.73. The Labute approximate surface area is 98.5 Å². The van der Waals surface area contributed by atoms with Gasteiger partial charge in [-0.15, -0.1) is 0 Å². The van der Waals surface area contributed by atoms with Crippen LogP contribution in [0.15, 0.2) is 36.5 Å². The predicted octanol–water partition coefficient (Wildman–Crippen LogP) is 2.52. The van der Waals surface area contributed by atoms with Crippen molar-refractivity contribution < 1.29 is 0 Å². The number of nitrogen functional groups attached to an aromatic ring is 1. The Morgan fingerprint density at radius 2 is 1.88 bits per heavy atom. The van der Waals surface area contributed by atoms with Gasteiger partial charge in [-0.25, -0.2) is 4.98 Å². The Bertz CT molecular complexity index is 667. The molecular weight excluding hydrogens is 212 g/mol. The van der Waals surface area contributed by atoms with Crippen LogP contribution in [-0.4, -0.2) is 15.2 Å². The topological polar surface area (TPSA) is 67.6 Å². The number of hydrogen-bond donors (Lipinski definition) is 2. The number of H-pyrrole nitrogens is 1. The Balaban J connectivity index is 2.29. The van der Waals surface area contributed by atoms with Crippen molar-refractivity contribution in [2.24, 2.45) is 0 Å². The van der Waals surface area contributed by atoms with E-state index in [1.54, 1.807) is 6.20 Å². The normalized spacial score (nSPS) is 10.9. The summed E-state index contributed by atoms with van der Waals surface area (Å²) in [6.45, 7) is 2.00. The number of aromatic amines is 1. The van der Waals surface area contributed by atoms with Gasteiger partial charge >= 0.3 is 0 Å². The highest BCUT2D eigenvalue weighted by Crippen LogP contribution is 2.28. The zero-order valence-electron chi connectivity index (χ0n) is 9.44. The molecule has 0 bridgehead atoms. The quantitative estimate of drug-likeness (QED) is 0.624. The van der Waals surface area contributed by atoms with Crippen molar-refractivity contribution in [3.8, 4) is 11.1 Å². The van der Waals surface area contributed by atoms with Gasteiger partial charge in [-0.2, -0.15) is 5.10 Å². The fraction of sp³-hybridized carbons (Fsp3) is 0.0769. The number of fused-ring (bicyclic) bond motifs is 1. The molecule has 0 radical (unpaired) electrons. The molecule has 3 N–H and O–H groups in total. The van der Waals surface area contributed by atoms with Crippen LogP contribution in [0, 0.1) is 6.92 Å². The number of aromatic nitrogens is 3. The SMILES string of the molecule is Cc1[nH]nc2nccc(-c3ccc(N)cc3)c12. The molecule has 4 nitrogen and oxygen atoms in total. The van der Waals surface area contributed by atoms with Crippen molar-refractivity contribution in [1.82, 2.24) is 15.2 Å². The summed E-state index contributed by atoms with van der Waals surface area (Å²) in [6, 6.07) is 9.82. The monoisotopic (exact) mass is 224 g/mol. The summed E-state index contributed by atoms with van der Waals surface area (Å²) in [5.74, 6) is 0. The van der Waals surface area contributed by atoms with Crippen LogP contribution in [0.2, 0.25) is 0 Å². The van der Waals surface area contributed by atoms with Crippen LogP contribution in [0.4, 0.5) is 5.69 Å². The number of nitrogens with two attached hydrogens (primary N) is 1. The van der Waals surface area contributed by atoms with Crippen LogP contribution >= 0.6 is 0 Å². The fourth-order valence-corrected chi connectivity index (χ4v) is 2.00. The molecule has 0 saturated carbocycles. The van der Waals surface area contributed by atoms with Gasteiger partial charge in [-0.05, 0) is 36.2 Å². The minimum Gasteiger partial charge on any atom is -0.399 e. The molecule has 2 heterocycles. The third kappa shape index (κ3) is 1.54. The van der Waals surface area contributed by atoms with E-state index in [0.717, 1.165) is 33.5 Å². The van der Waals surface area contributed by atoms with E-state index in [-0.39, 0.29) is 0 Å². The van der Waals surface area contributed by atoms with Crippen LogP contribution < -0.4 is 5.73 Å². The number of aryl methyl sites for hydroxylation is 1. The van der Waals surface area contributed by atoms with E-state index in [1.165, 1.54) is 0 Å². The number of pyridine rings is 1. The standard InChI is InChI=1S/C13H12N4/c1-8-12-11(6-7-15-13(12)17-16-8)9-2-4-10(14)5-3-9/h2-7H,14H2,1H3,(H,15,16,17). The lowest BCUT2D eigenvalue weighted by Gasteiger charge is -2.04. The molecule has 3 rings (SSSR count). The molecule has 0 saturated heterocycles. The van der Waals surface area contributed by atoms with Crippen molar-refractivity contribution in [1.29, 1.82) is 0 Å². The molecule has 1 aromatic carbocycles. The third-order valence-corrected chi connectivity index (χ3v) is 2.86. The van der Waals surface area contributed by atoms with E-state index in [0.29, 0.717) is 0 Å². The summed E-state index contributed by atoms with van der Waals surface area (Å²) in [5.41, 5.74) is 10.5. The lowest BCUT2D eigenvalue weighted by atomic mass is 10.0. The van der Waals surface area contributed by atoms with Crippen molar-refractivity contribution in [3.05, 3.63) is 42.2 Å². The van der Waals surface area contributed by atoms with Gasteiger partial charge in [0.2, 0.25) is 0 Å². The maximum Gasteiger partial charge on any atom is 0.181 e. The molecule has 0 aliphatic rings. The van der Waals surface area contributed by atoms with E-state index < -0.39 is 0 Å². The zero-order chi connectivity index (χ0) is 11.8. The Morgan fingerprint density at radius 1 is 1.12 bits per heavy atom. The summed E-state index contributed by atoms with van der Waals surface area (Å²) in [4.78, 5) is 4.24. The smallest absolute Gasteiger partial charge is 0.181 e. The van der Waals surface area contributed by atoms with E-state index in [9.17, 15) is 0 Å². The van der Waals surface area contributed by atoms with Crippen LogP contribution in [0.3, 0.4) is 0 Å². The molecule has 0 aliphatic carbocycles. The largest absolute Gasteiger partial charge is 0.399 e. The second kappa shape index (κ2) is 3.59. The number of rotatable bonds is 1. The zero-order valence-corrected chi connectivity index (χ0v) is 9.44. The summed E-state index contributed by atoms with van der Waals surface area (Å²) < 4.78 is 0. The van der Waals surface area contributed by atoms with Gasteiger partial charge in [0.05, 0.1) is 0 Å². The molecular formula is C13H12N4. The molecule has 0 atom stereocenters. The molecule has 0 aliphatic heterocycles. The lowest BCUT2D eigenvalue weighted by Crippen LogP contribution is -1.86. The van der Waals surface area contributed by atoms with E-state index >= 15 is 0 Å². The summed E-state index contributed by atoms with van der Waals surface area (Å²) in [6.07, 6.45) is 1.77. The average molecular weight is 224 g/mol. The minimum atomic E-state index is 0.747. The van der Waals surface area contributed by atoms with Crippen molar-refractivity contribution in [2.45, 2.75) is 6.92 Å². The van der Waals surface area contributed by atoms with Gasteiger partial charge in [0.15, 0.2) is 5.65 Å². The summed E-state index contributed by atoms with van der Waals surface area (Å²) >= 11 is 0. The van der Waals surface area contributed by atoms with Crippen LogP contribution in [0.25, 0.3) is 22.2 Å². The van der Waals surface area contributed by atoms with Crippen molar-refractivity contribution >= 4 is 16.7 Å². The molecule has 0 fully saturated rings. The lowest BCUT2D eigenvalue weighted by molar-refractivity contribution is 1.05. The van der Waals surface area contributed by atoms with Gasteiger partial charge in [0, 0.05) is 23.0 Å². The molecule has 0 amide bonds. The number of nitrogens with one attached hydrogen (secondary N) is 1. The highest BCUT2D eigenvalue weighted by atomic mass is 15.1. The van der Waals surface area contributed by atoms with Gasteiger partial charge in [0.1, 0.15) is 0 Å². The van der Waals surface area contributed by atoms with E-state index in [4.69, 9.17) is 5.73 Å². The van der Waals surface area contributed by atoms with Crippen LogP contribution in [0.5, 0.6) is 0 Å². The highest BCUT2D eigenvalue weighted by Gasteiger charge is 2.09. The second-order valence-electron chi connectivity index (χ2n) is 4.03. The highest BCUT2D eigenvalue weighted by molar-refractivity contribution is 5.94. The molecule has 0 spiro atoms. The number of anilines is 1. The van der Waals surface area contributed by atoms with Crippen molar-refractivity contribution in [3.63, 3.8) is 0 Å². The first kappa shape index (κ1) is 9.84. The Morgan fingerprint density at radius 3 is 2.65 bits per heavy atom. The fourth-order valence-electron chi connectivity index (χ4n) is 2.00. The maximum absolute atomic E-state index is 5.70. The molecule has 17 heavy (non-hydrogen) atoms. The van der Waals surface area contributed by atoms with Crippen LogP contribution in [-0.2, 0) is 0 Å². The first-order chi connectivity index (χ1) is 8.25. The number of benzene rings is 1. The third-order valence-electron chi connectivity index (χ3n) is 2.86. The maximum atomic E-state index is 5.70.